The van der Waals surface area contributed by atoms with Crippen LogP contribution in [0.25, 0.3) is 0 Å². The summed E-state index contributed by atoms with van der Waals surface area (Å²) in [5.41, 5.74) is 0.678. The Labute approximate surface area is 157 Å². The smallest absolute Gasteiger partial charge is 0.254 e. The Bertz CT molecular complexity index is 763. The third-order valence-electron chi connectivity index (χ3n) is 5.41. The average molecular weight is 369 g/mol. The Morgan fingerprint density at radius 3 is 2.73 bits per heavy atom. The first kappa shape index (κ1) is 17.2. The van der Waals surface area contributed by atoms with Crippen molar-refractivity contribution in [2.45, 2.75) is 31.7 Å². The maximum atomic E-state index is 12.8. The highest BCUT2D eigenvalue weighted by Gasteiger charge is 2.38. The number of piperidine rings is 1. The van der Waals surface area contributed by atoms with E-state index in [1.165, 1.54) is 4.88 Å². The lowest BCUT2D eigenvalue weighted by molar-refractivity contribution is -0.135. The quantitative estimate of drug-likeness (QED) is 0.833. The molecule has 2 amide bonds. The summed E-state index contributed by atoms with van der Waals surface area (Å²) < 4.78 is 0. The predicted molar refractivity (Wildman–Crippen MR) is 101 cm³/mol. The van der Waals surface area contributed by atoms with Gasteiger partial charge in [-0.2, -0.15) is 0 Å². The molecule has 3 aliphatic heterocycles. The normalized spacial score (nSPS) is 22.3. The molecule has 2 aromatic heterocycles. The minimum absolute atomic E-state index is 0.0529. The number of fused-ring (bicyclic) bond motifs is 4. The lowest BCUT2D eigenvalue weighted by atomic mass is 9.94. The number of nitrogens with zero attached hydrogens (tertiary/aromatic N) is 3. The molecule has 0 N–H and O–H groups in total. The van der Waals surface area contributed by atoms with Crippen LogP contribution < -0.4 is 0 Å². The van der Waals surface area contributed by atoms with Gasteiger partial charge in [-0.15, -0.1) is 11.3 Å². The zero-order valence-electron chi connectivity index (χ0n) is 14.7. The molecule has 0 radical (unpaired) electrons. The van der Waals surface area contributed by atoms with Gasteiger partial charge in [0.15, 0.2) is 0 Å². The molecule has 136 valence electrons. The van der Waals surface area contributed by atoms with E-state index in [-0.39, 0.29) is 17.9 Å². The Morgan fingerprint density at radius 1 is 1.12 bits per heavy atom. The molecule has 3 saturated heterocycles. The molecule has 0 spiro atoms. The topological polar surface area (TPSA) is 53.5 Å². The monoisotopic (exact) mass is 369 g/mol. The molecule has 2 aromatic rings. The standard InChI is InChI=1S/C20H23N3O2S/c24-19(6-5-18-2-1-11-26-18)23-13-15-3-4-17(23)14-22(12-15)20(25)16-7-9-21-10-8-16/h1-2,7-11,15,17H,3-6,12-14H2/t15-,17+/m0/s1. The van der Waals surface area contributed by atoms with Crippen LogP contribution in [0, 0.1) is 5.92 Å². The molecule has 5 rings (SSSR count). The molecule has 3 fully saturated rings. The number of aromatic nitrogens is 1. The average Bonchev–Trinajstić information content (AvgIpc) is 3.04. The van der Waals surface area contributed by atoms with Gasteiger partial charge >= 0.3 is 0 Å². The Balaban J connectivity index is 1.43. The van der Waals surface area contributed by atoms with Gasteiger partial charge in [-0.05, 0) is 48.8 Å². The van der Waals surface area contributed by atoms with Gasteiger partial charge in [0.1, 0.15) is 0 Å². The van der Waals surface area contributed by atoms with E-state index in [1.54, 1.807) is 35.9 Å². The number of hydrogen-bond donors (Lipinski definition) is 0. The van der Waals surface area contributed by atoms with E-state index in [1.807, 2.05) is 15.9 Å². The third kappa shape index (κ3) is 3.65. The summed E-state index contributed by atoms with van der Waals surface area (Å²) in [6, 6.07) is 7.79. The van der Waals surface area contributed by atoms with E-state index in [4.69, 9.17) is 0 Å². The van der Waals surface area contributed by atoms with Gasteiger partial charge in [0.05, 0.1) is 0 Å². The first-order valence-corrected chi connectivity index (χ1v) is 10.1. The molecule has 3 aliphatic rings. The molecule has 0 saturated carbocycles. The van der Waals surface area contributed by atoms with Crippen LogP contribution in [0.2, 0.25) is 0 Å². The number of hydrogen-bond acceptors (Lipinski definition) is 4. The van der Waals surface area contributed by atoms with E-state index >= 15 is 0 Å². The lowest BCUT2D eigenvalue weighted by Gasteiger charge is -2.36. The molecule has 0 aliphatic carbocycles. The van der Waals surface area contributed by atoms with E-state index in [0.29, 0.717) is 24.4 Å². The summed E-state index contributed by atoms with van der Waals surface area (Å²) in [6.07, 6.45) is 6.77. The molecule has 2 bridgehead atoms. The molecule has 0 unspecified atom stereocenters. The van der Waals surface area contributed by atoms with Crippen molar-refractivity contribution < 1.29 is 9.59 Å². The Morgan fingerprint density at radius 2 is 1.96 bits per heavy atom. The number of carbonyl (C=O) groups excluding carboxylic acids is 2. The van der Waals surface area contributed by atoms with Crippen molar-refractivity contribution in [3.63, 3.8) is 0 Å². The second kappa shape index (κ2) is 7.58. The summed E-state index contributed by atoms with van der Waals surface area (Å²) in [4.78, 5) is 34.8. The molecule has 5 nitrogen and oxygen atoms in total. The highest BCUT2D eigenvalue weighted by Crippen LogP contribution is 2.29. The summed E-state index contributed by atoms with van der Waals surface area (Å²) in [5, 5.41) is 2.05. The van der Waals surface area contributed by atoms with E-state index in [0.717, 1.165) is 32.4 Å². The lowest BCUT2D eigenvalue weighted by Crippen LogP contribution is -2.47. The number of pyridine rings is 1. The number of aryl methyl sites for hydroxylation is 1. The van der Waals surface area contributed by atoms with Crippen LogP contribution in [0.3, 0.4) is 0 Å². The van der Waals surface area contributed by atoms with Gasteiger partial charge in [0, 0.05) is 54.9 Å². The largest absolute Gasteiger partial charge is 0.338 e. The molecule has 2 atom stereocenters. The van der Waals surface area contributed by atoms with Gasteiger partial charge in [-0.3, -0.25) is 14.6 Å². The molecular weight excluding hydrogens is 346 g/mol. The summed E-state index contributed by atoms with van der Waals surface area (Å²) in [6.45, 7) is 2.17. The fourth-order valence-electron chi connectivity index (χ4n) is 4.06. The maximum absolute atomic E-state index is 12.8. The highest BCUT2D eigenvalue weighted by atomic mass is 32.1. The number of carbonyl (C=O) groups is 2. The fraction of sp³-hybridized carbons (Fsp3) is 0.450. The first-order chi connectivity index (χ1) is 12.7. The zero-order chi connectivity index (χ0) is 17.9. The van der Waals surface area contributed by atoms with Crippen LogP contribution in [-0.4, -0.2) is 52.3 Å². The second-order valence-electron chi connectivity index (χ2n) is 7.17. The number of thiophene rings is 1. The van der Waals surface area contributed by atoms with Crippen molar-refractivity contribution in [3.05, 3.63) is 52.5 Å². The number of rotatable bonds is 4. The summed E-state index contributed by atoms with van der Waals surface area (Å²) >= 11 is 1.70. The van der Waals surface area contributed by atoms with Gasteiger partial charge in [-0.25, -0.2) is 0 Å². The minimum atomic E-state index is 0.0529. The van der Waals surface area contributed by atoms with Gasteiger partial charge < -0.3 is 9.80 Å². The minimum Gasteiger partial charge on any atom is -0.338 e. The third-order valence-corrected chi connectivity index (χ3v) is 6.35. The zero-order valence-corrected chi connectivity index (χ0v) is 15.5. The van der Waals surface area contributed by atoms with Crippen LogP contribution in [0.15, 0.2) is 42.0 Å². The fourth-order valence-corrected chi connectivity index (χ4v) is 4.77. The van der Waals surface area contributed by atoms with Crippen molar-refractivity contribution in [3.8, 4) is 0 Å². The second-order valence-corrected chi connectivity index (χ2v) is 8.20. The predicted octanol–water partition coefficient (Wildman–Crippen LogP) is 2.84. The Hall–Kier alpha value is -2.21. The van der Waals surface area contributed by atoms with Crippen molar-refractivity contribution in [2.24, 2.45) is 5.92 Å². The van der Waals surface area contributed by atoms with Crippen LogP contribution in [0.1, 0.15) is 34.5 Å². The van der Waals surface area contributed by atoms with Gasteiger partial charge in [0.25, 0.3) is 5.91 Å². The maximum Gasteiger partial charge on any atom is 0.254 e. The molecule has 0 aromatic carbocycles. The van der Waals surface area contributed by atoms with Crippen molar-refractivity contribution in [2.75, 3.05) is 19.6 Å². The molecular formula is C20H23N3O2S. The molecule has 26 heavy (non-hydrogen) atoms. The van der Waals surface area contributed by atoms with Crippen LogP contribution >= 0.6 is 11.3 Å². The van der Waals surface area contributed by atoms with E-state index < -0.39 is 0 Å². The van der Waals surface area contributed by atoms with Crippen molar-refractivity contribution in [1.82, 2.24) is 14.8 Å². The van der Waals surface area contributed by atoms with Crippen LogP contribution in [-0.2, 0) is 11.2 Å². The van der Waals surface area contributed by atoms with E-state index in [9.17, 15) is 9.59 Å². The van der Waals surface area contributed by atoms with E-state index in [2.05, 4.69) is 16.4 Å². The molecule has 6 heteroatoms. The summed E-state index contributed by atoms with van der Waals surface area (Å²) in [5.74, 6) is 0.661. The Kier molecular flexibility index (Phi) is 5.02. The van der Waals surface area contributed by atoms with Crippen LogP contribution in [0.4, 0.5) is 0 Å². The van der Waals surface area contributed by atoms with Crippen molar-refractivity contribution in [1.29, 1.82) is 0 Å². The highest BCUT2D eigenvalue weighted by molar-refractivity contribution is 7.09. The van der Waals surface area contributed by atoms with Gasteiger partial charge in [0.2, 0.25) is 5.91 Å². The SMILES string of the molecule is O=C(c1ccncc1)N1C[C@@H]2CC[C@H](C1)N(C(=O)CCc1cccs1)C2. The molecule has 5 heterocycles. The van der Waals surface area contributed by atoms with Crippen LogP contribution in [0.5, 0.6) is 0 Å². The van der Waals surface area contributed by atoms with Crippen molar-refractivity contribution >= 4 is 23.2 Å². The first-order valence-electron chi connectivity index (χ1n) is 9.22. The number of amides is 2. The summed E-state index contributed by atoms with van der Waals surface area (Å²) in [7, 11) is 0. The van der Waals surface area contributed by atoms with Gasteiger partial charge in [-0.1, -0.05) is 6.07 Å².